The van der Waals surface area contributed by atoms with E-state index in [-0.39, 0.29) is 5.56 Å². The quantitative estimate of drug-likeness (QED) is 0.812. The molecule has 22 heavy (non-hydrogen) atoms. The Morgan fingerprint density at radius 1 is 1.50 bits per heavy atom. The number of thiophene rings is 1. The third-order valence-corrected chi connectivity index (χ3v) is 5.63. The summed E-state index contributed by atoms with van der Waals surface area (Å²) in [6, 6.07) is 2.15. The molecule has 0 aliphatic heterocycles. The Labute approximate surface area is 134 Å². The highest BCUT2D eigenvalue weighted by Crippen LogP contribution is 2.35. The Bertz CT molecular complexity index is 797. The first-order chi connectivity index (χ1) is 10.7. The second-order valence-corrected chi connectivity index (χ2v) is 7.22. The van der Waals surface area contributed by atoms with Gasteiger partial charge in [-0.1, -0.05) is 13.8 Å². The van der Waals surface area contributed by atoms with Crippen LogP contribution >= 0.6 is 11.3 Å². The van der Waals surface area contributed by atoms with Gasteiger partial charge < -0.3 is 0 Å². The minimum absolute atomic E-state index is 0.104. The van der Waals surface area contributed by atoms with Crippen LogP contribution in [0.5, 0.6) is 0 Å². The van der Waals surface area contributed by atoms with Crippen molar-refractivity contribution in [3.05, 3.63) is 26.6 Å². The van der Waals surface area contributed by atoms with Gasteiger partial charge in [0.1, 0.15) is 10.7 Å². The van der Waals surface area contributed by atoms with Gasteiger partial charge in [0.15, 0.2) is 0 Å². The van der Waals surface area contributed by atoms with Crippen LogP contribution in [0.3, 0.4) is 0 Å². The van der Waals surface area contributed by atoms with Crippen LogP contribution in [0.1, 0.15) is 49.4 Å². The number of fused-ring (bicyclic) bond motifs is 3. The lowest BCUT2D eigenvalue weighted by atomic mass is 9.89. The topological polar surface area (TPSA) is 58.7 Å². The summed E-state index contributed by atoms with van der Waals surface area (Å²) in [4.78, 5) is 20.0. The smallest absolute Gasteiger partial charge is 0.262 e. The number of hydrogen-bond donors (Lipinski definition) is 0. The van der Waals surface area contributed by atoms with Gasteiger partial charge in [-0.25, -0.2) is 4.98 Å². The number of nitrogens with zero attached hydrogens (tertiary/aromatic N) is 3. The monoisotopic (exact) mass is 315 g/mol. The van der Waals surface area contributed by atoms with Crippen LogP contribution < -0.4 is 5.56 Å². The summed E-state index contributed by atoms with van der Waals surface area (Å²) in [5, 5.41) is 9.56. The Hall–Kier alpha value is -1.67. The molecule has 0 amide bonds. The summed E-state index contributed by atoms with van der Waals surface area (Å²) in [6.07, 6.45) is 5.16. The SMILES string of the molecule is CCc1nc2sc3c(c2c(=O)n1CCCC#N)CCC(C)C3. The second-order valence-electron chi connectivity index (χ2n) is 6.13. The zero-order valence-corrected chi connectivity index (χ0v) is 14.0. The molecular weight excluding hydrogens is 294 g/mol. The third-order valence-electron chi connectivity index (χ3n) is 4.48. The second kappa shape index (κ2) is 6.21. The van der Waals surface area contributed by atoms with Crippen LogP contribution in [0.25, 0.3) is 10.2 Å². The van der Waals surface area contributed by atoms with Gasteiger partial charge >= 0.3 is 0 Å². The molecule has 2 heterocycles. The van der Waals surface area contributed by atoms with Gasteiger partial charge in [0.2, 0.25) is 0 Å². The Morgan fingerprint density at radius 3 is 3.05 bits per heavy atom. The van der Waals surface area contributed by atoms with Gasteiger partial charge in [0, 0.05) is 24.3 Å². The van der Waals surface area contributed by atoms with Crippen molar-refractivity contribution >= 4 is 21.6 Å². The number of rotatable bonds is 4. The molecule has 0 fully saturated rings. The van der Waals surface area contributed by atoms with E-state index in [2.05, 4.69) is 13.0 Å². The van der Waals surface area contributed by atoms with Gasteiger partial charge in [-0.15, -0.1) is 11.3 Å². The Balaban J connectivity index is 2.13. The largest absolute Gasteiger partial charge is 0.296 e. The lowest BCUT2D eigenvalue weighted by molar-refractivity contribution is 0.508. The number of aromatic nitrogens is 2. The van der Waals surface area contributed by atoms with Crippen LogP contribution in [0, 0.1) is 17.2 Å². The van der Waals surface area contributed by atoms with Crippen molar-refractivity contribution in [2.24, 2.45) is 5.92 Å². The van der Waals surface area contributed by atoms with E-state index in [9.17, 15) is 4.79 Å². The van der Waals surface area contributed by atoms with E-state index in [1.54, 1.807) is 15.9 Å². The Morgan fingerprint density at radius 2 is 2.32 bits per heavy atom. The molecule has 4 nitrogen and oxygen atoms in total. The molecule has 116 valence electrons. The fraction of sp³-hybridized carbons (Fsp3) is 0.588. The zero-order chi connectivity index (χ0) is 15.7. The van der Waals surface area contributed by atoms with Gasteiger partial charge in [-0.2, -0.15) is 5.26 Å². The Kier molecular flexibility index (Phi) is 4.30. The highest BCUT2D eigenvalue weighted by molar-refractivity contribution is 7.18. The maximum Gasteiger partial charge on any atom is 0.262 e. The number of aryl methyl sites for hydroxylation is 2. The predicted octanol–water partition coefficient (Wildman–Crippen LogP) is 3.45. The maximum atomic E-state index is 13.0. The average Bonchev–Trinajstić information content (AvgIpc) is 2.86. The standard InChI is InChI=1S/C17H21N3OS/c1-3-14-19-16-15(17(21)20(14)9-5-4-8-18)12-7-6-11(2)10-13(12)22-16/h11H,3-7,9-10H2,1-2H3. The summed E-state index contributed by atoms with van der Waals surface area (Å²) < 4.78 is 1.80. The molecule has 1 unspecified atom stereocenters. The molecule has 0 radical (unpaired) electrons. The molecule has 0 aromatic carbocycles. The van der Waals surface area contributed by atoms with Gasteiger partial charge in [-0.3, -0.25) is 9.36 Å². The lowest BCUT2D eigenvalue weighted by Crippen LogP contribution is -2.25. The van der Waals surface area contributed by atoms with Crippen molar-refractivity contribution in [1.29, 1.82) is 5.26 Å². The number of unbranched alkanes of at least 4 members (excludes halogenated alkanes) is 1. The zero-order valence-electron chi connectivity index (χ0n) is 13.2. The van der Waals surface area contributed by atoms with Gasteiger partial charge in [0.25, 0.3) is 5.56 Å². The summed E-state index contributed by atoms with van der Waals surface area (Å²) in [7, 11) is 0. The molecule has 1 aliphatic carbocycles. The first-order valence-electron chi connectivity index (χ1n) is 8.06. The molecular formula is C17H21N3OS. The number of nitriles is 1. The fourth-order valence-corrected chi connectivity index (χ4v) is 4.67. The highest BCUT2D eigenvalue weighted by atomic mass is 32.1. The summed E-state index contributed by atoms with van der Waals surface area (Å²) in [5.74, 6) is 1.55. The van der Waals surface area contributed by atoms with Crippen molar-refractivity contribution in [1.82, 2.24) is 9.55 Å². The predicted molar refractivity (Wildman–Crippen MR) is 89.3 cm³/mol. The lowest BCUT2D eigenvalue weighted by Gasteiger charge is -2.17. The highest BCUT2D eigenvalue weighted by Gasteiger charge is 2.24. The molecule has 2 aromatic rings. The number of hydrogen-bond acceptors (Lipinski definition) is 4. The van der Waals surface area contributed by atoms with Crippen LogP contribution in [0.4, 0.5) is 0 Å². The molecule has 0 bridgehead atoms. The first-order valence-corrected chi connectivity index (χ1v) is 8.88. The van der Waals surface area contributed by atoms with Crippen molar-refractivity contribution in [2.45, 2.75) is 58.9 Å². The summed E-state index contributed by atoms with van der Waals surface area (Å²) >= 11 is 1.71. The summed E-state index contributed by atoms with van der Waals surface area (Å²) in [6.45, 7) is 4.90. The molecule has 3 rings (SSSR count). The molecule has 1 aliphatic rings. The van der Waals surface area contributed by atoms with Crippen molar-refractivity contribution in [3.8, 4) is 6.07 Å². The van der Waals surface area contributed by atoms with E-state index in [0.29, 0.717) is 25.3 Å². The minimum Gasteiger partial charge on any atom is -0.296 e. The van der Waals surface area contributed by atoms with E-state index in [0.717, 1.165) is 41.7 Å². The molecule has 0 N–H and O–H groups in total. The molecule has 0 saturated carbocycles. The van der Waals surface area contributed by atoms with E-state index in [1.165, 1.54) is 10.4 Å². The van der Waals surface area contributed by atoms with Crippen molar-refractivity contribution < 1.29 is 0 Å². The van der Waals surface area contributed by atoms with Crippen molar-refractivity contribution in [2.75, 3.05) is 0 Å². The van der Waals surface area contributed by atoms with E-state index < -0.39 is 0 Å². The normalized spacial score (nSPS) is 17.4. The van der Waals surface area contributed by atoms with Gasteiger partial charge in [-0.05, 0) is 37.2 Å². The average molecular weight is 315 g/mol. The third kappa shape index (κ3) is 2.56. The van der Waals surface area contributed by atoms with Crippen LogP contribution in [-0.2, 0) is 25.8 Å². The maximum absolute atomic E-state index is 13.0. The molecule has 0 saturated heterocycles. The van der Waals surface area contributed by atoms with Crippen LogP contribution in [-0.4, -0.2) is 9.55 Å². The molecule has 1 atom stereocenters. The van der Waals surface area contributed by atoms with E-state index >= 15 is 0 Å². The van der Waals surface area contributed by atoms with E-state index in [1.807, 2.05) is 6.92 Å². The first kappa shape index (κ1) is 15.2. The molecule has 2 aromatic heterocycles. The summed E-state index contributed by atoms with van der Waals surface area (Å²) in [5.41, 5.74) is 1.35. The van der Waals surface area contributed by atoms with E-state index in [4.69, 9.17) is 10.2 Å². The molecule has 0 spiro atoms. The minimum atomic E-state index is 0.104. The van der Waals surface area contributed by atoms with Crippen LogP contribution in [0.15, 0.2) is 4.79 Å². The molecule has 5 heteroatoms. The fourth-order valence-electron chi connectivity index (χ4n) is 3.28. The van der Waals surface area contributed by atoms with Crippen molar-refractivity contribution in [3.63, 3.8) is 0 Å². The van der Waals surface area contributed by atoms with Gasteiger partial charge in [0.05, 0.1) is 11.5 Å². The van der Waals surface area contributed by atoms with Crippen LogP contribution in [0.2, 0.25) is 0 Å².